The number of phenolic OH excluding ortho intramolecular Hbond substituents is 1. The lowest BCUT2D eigenvalue weighted by Crippen LogP contribution is -2.11. The third-order valence-electron chi connectivity index (χ3n) is 1.99. The zero-order valence-electron chi connectivity index (χ0n) is 9.17. The molecule has 1 nitrogen and oxygen atoms in total. The van der Waals surface area contributed by atoms with Crippen LogP contribution < -0.4 is 0 Å². The van der Waals surface area contributed by atoms with Crippen molar-refractivity contribution in [3.8, 4) is 5.75 Å². The van der Waals surface area contributed by atoms with Crippen LogP contribution in [0.1, 0.15) is 33.2 Å². The molecule has 0 atom stereocenters. The lowest BCUT2D eigenvalue weighted by atomic mass is 9.85. The number of hydrogen-bond acceptors (Lipinski definition) is 1. The fraction of sp³-hybridized carbons (Fsp3) is 0.333. The van der Waals surface area contributed by atoms with Crippen LogP contribution in [-0.2, 0) is 5.41 Å². The maximum atomic E-state index is 9.68. The zero-order chi connectivity index (χ0) is 10.8. The summed E-state index contributed by atoms with van der Waals surface area (Å²) in [7, 11) is 0. The summed E-state index contributed by atoms with van der Waals surface area (Å²) >= 11 is 0. The highest BCUT2D eigenvalue weighted by atomic mass is 16.3. The molecule has 0 aliphatic carbocycles. The molecule has 0 aromatic heterocycles. The Morgan fingerprint density at radius 1 is 1.54 bits per heavy atom. The molecule has 0 unspecified atom stereocenters. The normalized spacial score (nSPS) is 12.3. The van der Waals surface area contributed by atoms with Crippen molar-refractivity contribution in [3.05, 3.63) is 35.9 Å². The maximum absolute atomic E-state index is 9.68. The predicted molar refractivity (Wildman–Crippen MR) is 56.9 cm³/mol. The van der Waals surface area contributed by atoms with E-state index in [0.717, 1.165) is 11.1 Å². The standard InChI is InChI=1S/C12H16O/c1-5-9-6-7-11(13)10(8-9)12(2,3)4/h5-8,13H,1H2,2-4H3/i2D. The summed E-state index contributed by atoms with van der Waals surface area (Å²) in [5.74, 6) is 0.257. The Morgan fingerprint density at radius 2 is 2.23 bits per heavy atom. The van der Waals surface area contributed by atoms with Gasteiger partial charge >= 0.3 is 0 Å². The molecule has 0 aliphatic rings. The molecule has 1 aromatic rings. The van der Waals surface area contributed by atoms with Crippen molar-refractivity contribution in [2.75, 3.05) is 0 Å². The first-order valence-corrected chi connectivity index (χ1v) is 4.26. The van der Waals surface area contributed by atoms with Crippen LogP contribution in [-0.4, -0.2) is 5.11 Å². The van der Waals surface area contributed by atoms with Gasteiger partial charge < -0.3 is 5.11 Å². The Morgan fingerprint density at radius 3 is 2.77 bits per heavy atom. The van der Waals surface area contributed by atoms with E-state index < -0.39 is 0 Å². The highest BCUT2D eigenvalue weighted by molar-refractivity contribution is 5.52. The van der Waals surface area contributed by atoms with Crippen molar-refractivity contribution in [1.82, 2.24) is 0 Å². The molecule has 1 aromatic carbocycles. The molecule has 0 saturated heterocycles. The summed E-state index contributed by atoms with van der Waals surface area (Å²) in [5, 5.41) is 9.68. The van der Waals surface area contributed by atoms with E-state index in [1.165, 1.54) is 0 Å². The molecule has 0 spiro atoms. The summed E-state index contributed by atoms with van der Waals surface area (Å²) in [4.78, 5) is 0. The Bertz CT molecular complexity index is 342. The number of rotatable bonds is 1. The summed E-state index contributed by atoms with van der Waals surface area (Å²) < 4.78 is 7.43. The molecule has 70 valence electrons. The molecule has 0 radical (unpaired) electrons. The largest absolute Gasteiger partial charge is 0.508 e. The van der Waals surface area contributed by atoms with Crippen molar-refractivity contribution < 1.29 is 6.48 Å². The van der Waals surface area contributed by atoms with E-state index in [0.29, 0.717) is 0 Å². The molecule has 0 bridgehead atoms. The molecule has 1 rings (SSSR count). The van der Waals surface area contributed by atoms with Crippen LogP contribution in [0.25, 0.3) is 6.08 Å². The number of benzene rings is 1. The molecular weight excluding hydrogens is 160 g/mol. The fourth-order valence-electron chi connectivity index (χ4n) is 1.22. The smallest absolute Gasteiger partial charge is 0.119 e. The van der Waals surface area contributed by atoms with Crippen LogP contribution in [0, 0.1) is 0 Å². The van der Waals surface area contributed by atoms with Gasteiger partial charge in [-0.25, -0.2) is 0 Å². The maximum Gasteiger partial charge on any atom is 0.119 e. The van der Waals surface area contributed by atoms with Crippen LogP contribution in [0.5, 0.6) is 5.75 Å². The first-order valence-electron chi connectivity index (χ1n) is 4.97. The summed E-state index contributed by atoms with van der Waals surface area (Å²) in [6.07, 6.45) is 1.74. The van der Waals surface area contributed by atoms with Crippen LogP contribution >= 0.6 is 0 Å². The van der Waals surface area contributed by atoms with Crippen molar-refractivity contribution in [2.24, 2.45) is 0 Å². The van der Waals surface area contributed by atoms with Gasteiger partial charge in [0, 0.05) is 1.37 Å². The minimum atomic E-state index is -0.316. The van der Waals surface area contributed by atoms with Gasteiger partial charge in [0.05, 0.1) is 0 Å². The number of phenols is 1. The minimum absolute atomic E-state index is 0.251. The van der Waals surface area contributed by atoms with Gasteiger partial charge in [-0.15, -0.1) is 0 Å². The van der Waals surface area contributed by atoms with Gasteiger partial charge in [-0.1, -0.05) is 39.5 Å². The highest BCUT2D eigenvalue weighted by Crippen LogP contribution is 2.31. The lowest BCUT2D eigenvalue weighted by Gasteiger charge is -2.20. The third-order valence-corrected chi connectivity index (χ3v) is 1.99. The van der Waals surface area contributed by atoms with E-state index in [2.05, 4.69) is 6.58 Å². The number of aromatic hydroxyl groups is 1. The monoisotopic (exact) mass is 177 g/mol. The first-order chi connectivity index (χ1) is 6.51. The second-order valence-electron chi connectivity index (χ2n) is 3.86. The van der Waals surface area contributed by atoms with Crippen LogP contribution in [0.2, 0.25) is 0 Å². The highest BCUT2D eigenvalue weighted by Gasteiger charge is 2.17. The molecule has 0 amide bonds. The zero-order valence-corrected chi connectivity index (χ0v) is 8.17. The van der Waals surface area contributed by atoms with Crippen molar-refractivity contribution >= 4 is 6.08 Å². The SMILES string of the molecule is [2H]CC(C)(C)c1cc(C=C)ccc1O. The van der Waals surface area contributed by atoms with E-state index in [1.54, 1.807) is 12.1 Å². The first kappa shape index (κ1) is 8.36. The van der Waals surface area contributed by atoms with E-state index in [1.807, 2.05) is 26.0 Å². The van der Waals surface area contributed by atoms with E-state index >= 15 is 0 Å². The van der Waals surface area contributed by atoms with E-state index in [4.69, 9.17) is 1.37 Å². The van der Waals surface area contributed by atoms with E-state index in [-0.39, 0.29) is 18.1 Å². The Balaban J connectivity index is 3.25. The van der Waals surface area contributed by atoms with Gasteiger partial charge in [-0.05, 0) is 28.7 Å². The summed E-state index contributed by atoms with van der Waals surface area (Å²) in [5.41, 5.74) is 1.47. The molecule has 0 fully saturated rings. The Labute approximate surface area is 81.1 Å². The molecular formula is C12H16O. The quantitative estimate of drug-likeness (QED) is 0.697. The topological polar surface area (TPSA) is 20.2 Å². The molecule has 13 heavy (non-hydrogen) atoms. The second kappa shape index (κ2) is 3.25. The van der Waals surface area contributed by atoms with Gasteiger partial charge in [-0.3, -0.25) is 0 Å². The van der Waals surface area contributed by atoms with Gasteiger partial charge in [0.15, 0.2) is 0 Å². The van der Waals surface area contributed by atoms with E-state index in [9.17, 15) is 5.11 Å². The van der Waals surface area contributed by atoms with Crippen molar-refractivity contribution in [3.63, 3.8) is 0 Å². The fourth-order valence-corrected chi connectivity index (χ4v) is 1.22. The summed E-state index contributed by atoms with van der Waals surface area (Å²) in [6.45, 7) is 7.82. The number of hydrogen-bond donors (Lipinski definition) is 1. The molecule has 0 heterocycles. The molecule has 1 N–H and O–H groups in total. The van der Waals surface area contributed by atoms with Gasteiger partial charge in [0.1, 0.15) is 5.75 Å². The molecule has 0 aliphatic heterocycles. The Hall–Kier alpha value is -1.24. The Kier molecular flexibility index (Phi) is 2.09. The predicted octanol–water partition coefficient (Wildman–Crippen LogP) is 3.33. The van der Waals surface area contributed by atoms with Gasteiger partial charge in [-0.2, -0.15) is 0 Å². The lowest BCUT2D eigenvalue weighted by molar-refractivity contribution is 0.446. The van der Waals surface area contributed by atoms with Crippen LogP contribution in [0.15, 0.2) is 24.8 Å². The molecule has 0 saturated carbocycles. The van der Waals surface area contributed by atoms with Crippen molar-refractivity contribution in [1.29, 1.82) is 0 Å². The summed E-state index contributed by atoms with van der Waals surface area (Å²) in [6, 6.07) is 5.35. The van der Waals surface area contributed by atoms with Gasteiger partial charge in [0.25, 0.3) is 0 Å². The van der Waals surface area contributed by atoms with Gasteiger partial charge in [0.2, 0.25) is 0 Å². The minimum Gasteiger partial charge on any atom is -0.508 e. The average Bonchev–Trinajstić information content (AvgIpc) is 2.18. The second-order valence-corrected chi connectivity index (χ2v) is 3.86. The van der Waals surface area contributed by atoms with Crippen LogP contribution in [0.3, 0.4) is 0 Å². The molecule has 1 heteroatoms. The van der Waals surface area contributed by atoms with Crippen LogP contribution in [0.4, 0.5) is 0 Å². The average molecular weight is 177 g/mol. The third kappa shape index (κ3) is 2.11. The van der Waals surface area contributed by atoms with Crippen molar-refractivity contribution in [2.45, 2.75) is 26.2 Å².